The van der Waals surface area contributed by atoms with Gasteiger partial charge in [0.25, 0.3) is 5.56 Å². The van der Waals surface area contributed by atoms with E-state index in [4.69, 9.17) is 4.74 Å². The first-order valence-electron chi connectivity index (χ1n) is 8.90. The second-order valence-electron chi connectivity index (χ2n) is 6.41. The van der Waals surface area contributed by atoms with Gasteiger partial charge < -0.3 is 15.0 Å². The summed E-state index contributed by atoms with van der Waals surface area (Å²) in [7, 11) is 1.53. The van der Waals surface area contributed by atoms with Crippen LogP contribution in [0.25, 0.3) is 10.9 Å². The van der Waals surface area contributed by atoms with Gasteiger partial charge in [-0.25, -0.2) is 13.8 Å². The maximum absolute atomic E-state index is 13.8. The molecule has 1 heterocycles. The summed E-state index contributed by atoms with van der Waals surface area (Å²) in [5.41, 5.74) is 0.172. The molecule has 152 valence electrons. The molecule has 2 N–H and O–H groups in total. The summed E-state index contributed by atoms with van der Waals surface area (Å²) < 4.78 is 31.8. The van der Waals surface area contributed by atoms with Gasteiger partial charge in [-0.1, -0.05) is 12.1 Å². The summed E-state index contributed by atoms with van der Waals surface area (Å²) in [6.07, 6.45) is 0. The molecule has 3 aromatic rings. The highest BCUT2D eigenvalue weighted by molar-refractivity contribution is 5.92. The lowest BCUT2D eigenvalue weighted by Crippen LogP contribution is -2.36. The normalized spacial score (nSPS) is 11.2. The molecule has 0 saturated heterocycles. The van der Waals surface area contributed by atoms with Gasteiger partial charge in [0, 0.05) is 19.7 Å². The predicted molar refractivity (Wildman–Crippen MR) is 105 cm³/mol. The Morgan fingerprint density at radius 3 is 2.79 bits per heavy atom. The van der Waals surface area contributed by atoms with E-state index in [0.717, 1.165) is 12.1 Å². The number of amides is 1. The summed E-state index contributed by atoms with van der Waals surface area (Å²) in [6, 6.07) is 9.86. The third-order valence-electron chi connectivity index (χ3n) is 4.22. The number of hydrogen-bond acceptors (Lipinski definition) is 5. The first kappa shape index (κ1) is 20.6. The molecule has 7 nitrogen and oxygen atoms in total. The fourth-order valence-electron chi connectivity index (χ4n) is 2.84. The van der Waals surface area contributed by atoms with E-state index >= 15 is 0 Å². The molecule has 0 aliphatic heterocycles. The molecule has 0 spiro atoms. The standard InChI is InChI=1S/C20H20F2N4O3/c1-29-9-8-26(12-19(27)24-17-7-6-13(21)10-15(17)22)11-18-23-16-5-3-2-4-14(16)20(28)25-18/h2-7,10H,8-9,11-12H2,1H3,(H,24,27)(H,23,25,28). The molecule has 0 radical (unpaired) electrons. The number of nitrogens with one attached hydrogen (secondary N) is 2. The third kappa shape index (κ3) is 5.43. The number of benzene rings is 2. The number of hydrogen-bond donors (Lipinski definition) is 2. The molecule has 3 rings (SSSR count). The van der Waals surface area contributed by atoms with Crippen molar-refractivity contribution < 1.29 is 18.3 Å². The van der Waals surface area contributed by atoms with Crippen molar-refractivity contribution in [2.75, 3.05) is 32.1 Å². The molecule has 0 bridgehead atoms. The van der Waals surface area contributed by atoms with Gasteiger partial charge in [0.15, 0.2) is 0 Å². The van der Waals surface area contributed by atoms with Crippen molar-refractivity contribution in [3.8, 4) is 0 Å². The molecule has 29 heavy (non-hydrogen) atoms. The Morgan fingerprint density at radius 2 is 2.03 bits per heavy atom. The van der Waals surface area contributed by atoms with E-state index < -0.39 is 17.5 Å². The molecule has 1 amide bonds. The van der Waals surface area contributed by atoms with Crippen LogP contribution in [0.5, 0.6) is 0 Å². The summed E-state index contributed by atoms with van der Waals surface area (Å²) in [6.45, 7) is 0.807. The van der Waals surface area contributed by atoms with E-state index in [1.165, 1.54) is 7.11 Å². The summed E-state index contributed by atoms with van der Waals surface area (Å²) in [4.78, 5) is 33.4. The topological polar surface area (TPSA) is 87.3 Å². The van der Waals surface area contributed by atoms with Crippen LogP contribution in [-0.2, 0) is 16.1 Å². The molecule has 0 aliphatic carbocycles. The monoisotopic (exact) mass is 402 g/mol. The van der Waals surface area contributed by atoms with Gasteiger partial charge >= 0.3 is 0 Å². The molecule has 0 fully saturated rings. The van der Waals surface area contributed by atoms with Crippen LogP contribution in [0.4, 0.5) is 14.5 Å². The van der Waals surface area contributed by atoms with E-state index in [1.54, 1.807) is 29.2 Å². The minimum atomic E-state index is -0.859. The number of H-pyrrole nitrogens is 1. The van der Waals surface area contributed by atoms with Crippen LogP contribution in [-0.4, -0.2) is 47.6 Å². The number of halogens is 2. The lowest BCUT2D eigenvalue weighted by molar-refractivity contribution is -0.117. The second-order valence-corrected chi connectivity index (χ2v) is 6.41. The summed E-state index contributed by atoms with van der Waals surface area (Å²) in [5.74, 6) is -1.68. The van der Waals surface area contributed by atoms with Gasteiger partial charge in [-0.2, -0.15) is 0 Å². The summed E-state index contributed by atoms with van der Waals surface area (Å²) in [5, 5.41) is 2.89. The van der Waals surface area contributed by atoms with Crippen molar-refractivity contribution in [1.29, 1.82) is 0 Å². The Labute approximate surface area is 165 Å². The van der Waals surface area contributed by atoms with E-state index in [1.807, 2.05) is 0 Å². The second kappa shape index (κ2) is 9.35. The van der Waals surface area contributed by atoms with Crippen molar-refractivity contribution in [2.24, 2.45) is 0 Å². The molecule has 0 atom stereocenters. The minimum absolute atomic E-state index is 0.100. The maximum Gasteiger partial charge on any atom is 0.258 e. The van der Waals surface area contributed by atoms with Crippen molar-refractivity contribution in [1.82, 2.24) is 14.9 Å². The zero-order valence-corrected chi connectivity index (χ0v) is 15.7. The molecule has 0 unspecified atom stereocenters. The number of rotatable bonds is 8. The molecule has 0 aliphatic rings. The average molecular weight is 402 g/mol. The van der Waals surface area contributed by atoms with Crippen LogP contribution in [0.15, 0.2) is 47.3 Å². The number of carbonyl (C=O) groups excluding carboxylic acids is 1. The lowest BCUT2D eigenvalue weighted by Gasteiger charge is -2.21. The SMILES string of the molecule is COCCN(CC(=O)Nc1ccc(F)cc1F)Cc1nc2ccccc2c(=O)[nH]1. The van der Waals surface area contributed by atoms with Gasteiger partial charge in [0.1, 0.15) is 17.5 Å². The number of anilines is 1. The fraction of sp³-hybridized carbons (Fsp3) is 0.250. The Balaban J connectivity index is 1.74. The summed E-state index contributed by atoms with van der Waals surface area (Å²) >= 11 is 0. The third-order valence-corrected chi connectivity index (χ3v) is 4.22. The highest BCUT2D eigenvalue weighted by Crippen LogP contribution is 2.15. The zero-order valence-electron chi connectivity index (χ0n) is 15.7. The molecular formula is C20H20F2N4O3. The molecule has 2 aromatic carbocycles. The van der Waals surface area contributed by atoms with E-state index in [9.17, 15) is 18.4 Å². The highest BCUT2D eigenvalue weighted by Gasteiger charge is 2.15. The smallest absolute Gasteiger partial charge is 0.258 e. The molecule has 1 aromatic heterocycles. The zero-order chi connectivity index (χ0) is 20.8. The van der Waals surface area contributed by atoms with E-state index in [0.29, 0.717) is 35.9 Å². The number of nitrogens with zero attached hydrogens (tertiary/aromatic N) is 2. The van der Waals surface area contributed by atoms with Crippen LogP contribution in [0.3, 0.4) is 0 Å². The number of aromatic nitrogens is 2. The Bertz CT molecular complexity index is 1070. The van der Waals surface area contributed by atoms with Crippen LogP contribution < -0.4 is 10.9 Å². The van der Waals surface area contributed by atoms with Crippen molar-refractivity contribution in [2.45, 2.75) is 6.54 Å². The Hall–Kier alpha value is -3.17. The van der Waals surface area contributed by atoms with Gasteiger partial charge in [-0.05, 0) is 24.3 Å². The van der Waals surface area contributed by atoms with Gasteiger partial charge in [0.05, 0.1) is 36.3 Å². The number of methoxy groups -OCH3 is 1. The first-order valence-corrected chi connectivity index (χ1v) is 8.90. The fourth-order valence-corrected chi connectivity index (χ4v) is 2.84. The van der Waals surface area contributed by atoms with Crippen molar-refractivity contribution >= 4 is 22.5 Å². The number of para-hydroxylation sites is 1. The molecule has 9 heteroatoms. The largest absolute Gasteiger partial charge is 0.383 e. The van der Waals surface area contributed by atoms with Crippen molar-refractivity contribution in [3.05, 3.63) is 70.3 Å². The number of fused-ring (bicyclic) bond motifs is 1. The Kier molecular flexibility index (Phi) is 6.63. The lowest BCUT2D eigenvalue weighted by atomic mass is 10.2. The van der Waals surface area contributed by atoms with Crippen molar-refractivity contribution in [3.63, 3.8) is 0 Å². The molecule has 0 saturated carbocycles. The number of aromatic amines is 1. The number of carbonyl (C=O) groups is 1. The predicted octanol–water partition coefficient (Wildman–Crippen LogP) is 2.29. The first-order chi connectivity index (χ1) is 14.0. The quantitative estimate of drug-likeness (QED) is 0.604. The highest BCUT2D eigenvalue weighted by atomic mass is 19.1. The van der Waals surface area contributed by atoms with Gasteiger partial charge in [-0.15, -0.1) is 0 Å². The van der Waals surface area contributed by atoms with Crippen LogP contribution in [0.1, 0.15) is 5.82 Å². The average Bonchev–Trinajstić information content (AvgIpc) is 2.68. The van der Waals surface area contributed by atoms with Crippen LogP contribution in [0, 0.1) is 11.6 Å². The Morgan fingerprint density at radius 1 is 1.24 bits per heavy atom. The van der Waals surface area contributed by atoms with E-state index in [-0.39, 0.29) is 24.3 Å². The molecular weight excluding hydrogens is 382 g/mol. The van der Waals surface area contributed by atoms with Crippen LogP contribution in [0.2, 0.25) is 0 Å². The number of ether oxygens (including phenoxy) is 1. The minimum Gasteiger partial charge on any atom is -0.383 e. The maximum atomic E-state index is 13.8. The van der Waals surface area contributed by atoms with Crippen LogP contribution >= 0.6 is 0 Å². The van der Waals surface area contributed by atoms with E-state index in [2.05, 4.69) is 15.3 Å². The van der Waals surface area contributed by atoms with Gasteiger partial charge in [0.2, 0.25) is 5.91 Å². The van der Waals surface area contributed by atoms with Gasteiger partial charge in [-0.3, -0.25) is 14.5 Å².